The van der Waals surface area contributed by atoms with Crippen molar-refractivity contribution in [3.05, 3.63) is 94.2 Å². The van der Waals surface area contributed by atoms with Crippen LogP contribution in [-0.4, -0.2) is 20.7 Å². The van der Waals surface area contributed by atoms with Crippen molar-refractivity contribution in [1.82, 2.24) is 20.1 Å². The molecule has 1 amide bonds. The Bertz CT molecular complexity index is 1210. The second kappa shape index (κ2) is 9.83. The Morgan fingerprint density at radius 1 is 1.09 bits per heavy atom. The Hall–Kier alpha value is -3.38. The Morgan fingerprint density at radius 3 is 2.62 bits per heavy atom. The van der Waals surface area contributed by atoms with Crippen molar-refractivity contribution in [2.75, 3.05) is 0 Å². The van der Waals surface area contributed by atoms with E-state index in [2.05, 4.69) is 40.5 Å². The molecule has 164 valence electrons. The summed E-state index contributed by atoms with van der Waals surface area (Å²) in [5, 5.41) is 8.16. The maximum atomic E-state index is 12.3. The molecule has 7 heteroatoms. The van der Waals surface area contributed by atoms with E-state index in [1.165, 1.54) is 0 Å². The number of benzene rings is 2. The molecule has 0 unspecified atom stereocenters. The fourth-order valence-electron chi connectivity index (χ4n) is 3.53. The van der Waals surface area contributed by atoms with Crippen molar-refractivity contribution in [2.24, 2.45) is 0 Å². The highest BCUT2D eigenvalue weighted by molar-refractivity contribution is 6.30. The fourth-order valence-corrected chi connectivity index (χ4v) is 3.65. The monoisotopic (exact) mass is 448 g/mol. The zero-order valence-electron chi connectivity index (χ0n) is 18.1. The van der Waals surface area contributed by atoms with Gasteiger partial charge in [-0.1, -0.05) is 35.9 Å². The van der Waals surface area contributed by atoms with Crippen LogP contribution in [0.1, 0.15) is 34.8 Å². The summed E-state index contributed by atoms with van der Waals surface area (Å²) in [5.74, 6) is 1.16. The van der Waals surface area contributed by atoms with Gasteiger partial charge in [0.25, 0.3) is 0 Å². The van der Waals surface area contributed by atoms with E-state index >= 15 is 0 Å². The third kappa shape index (κ3) is 5.65. The van der Waals surface area contributed by atoms with Gasteiger partial charge < -0.3 is 9.73 Å². The van der Waals surface area contributed by atoms with Gasteiger partial charge in [-0.05, 0) is 55.3 Å². The number of rotatable bonds is 8. The smallest absolute Gasteiger partial charge is 0.220 e. The van der Waals surface area contributed by atoms with Crippen molar-refractivity contribution >= 4 is 17.5 Å². The molecule has 0 atom stereocenters. The van der Waals surface area contributed by atoms with E-state index in [0.29, 0.717) is 42.6 Å². The minimum absolute atomic E-state index is 0.0415. The molecule has 4 rings (SSSR count). The Kier molecular flexibility index (Phi) is 6.71. The lowest BCUT2D eigenvalue weighted by molar-refractivity contribution is -0.121. The lowest BCUT2D eigenvalue weighted by atomic mass is 10.1. The SMILES string of the molecule is Cc1cc(C)n(Cc2cccc(CNC(=O)CCc3ncc(-c4ccc(Cl)cc4)o3)c2)n1. The number of aryl methyl sites for hydroxylation is 3. The average Bonchev–Trinajstić information content (AvgIpc) is 3.37. The molecule has 0 spiro atoms. The van der Waals surface area contributed by atoms with E-state index in [1.807, 2.05) is 35.9 Å². The van der Waals surface area contributed by atoms with Crippen molar-refractivity contribution in [3.63, 3.8) is 0 Å². The van der Waals surface area contributed by atoms with Crippen LogP contribution in [-0.2, 0) is 24.3 Å². The van der Waals surface area contributed by atoms with E-state index < -0.39 is 0 Å². The second-order valence-electron chi connectivity index (χ2n) is 7.81. The third-order valence-corrected chi connectivity index (χ3v) is 5.42. The lowest BCUT2D eigenvalue weighted by Crippen LogP contribution is -2.23. The molecular formula is C25H25ClN4O2. The van der Waals surface area contributed by atoms with Crippen LogP contribution in [0.5, 0.6) is 0 Å². The van der Waals surface area contributed by atoms with Gasteiger partial charge >= 0.3 is 0 Å². The van der Waals surface area contributed by atoms with Crippen LogP contribution in [0.2, 0.25) is 5.02 Å². The van der Waals surface area contributed by atoms with Crippen LogP contribution in [0.15, 0.2) is 65.2 Å². The molecule has 0 aliphatic carbocycles. The summed E-state index contributed by atoms with van der Waals surface area (Å²) >= 11 is 5.92. The van der Waals surface area contributed by atoms with Gasteiger partial charge in [-0.3, -0.25) is 9.48 Å². The van der Waals surface area contributed by atoms with Crippen LogP contribution in [0.3, 0.4) is 0 Å². The summed E-state index contributed by atoms with van der Waals surface area (Å²) in [6.07, 6.45) is 2.42. The summed E-state index contributed by atoms with van der Waals surface area (Å²) in [6.45, 7) is 5.23. The van der Waals surface area contributed by atoms with E-state index in [9.17, 15) is 4.79 Å². The van der Waals surface area contributed by atoms with Crippen molar-refractivity contribution in [1.29, 1.82) is 0 Å². The molecule has 0 aliphatic heterocycles. The molecule has 0 saturated heterocycles. The van der Waals surface area contributed by atoms with Gasteiger partial charge in [0, 0.05) is 35.7 Å². The fraction of sp³-hybridized carbons (Fsp3) is 0.240. The van der Waals surface area contributed by atoms with Gasteiger partial charge in [0.1, 0.15) is 0 Å². The van der Waals surface area contributed by atoms with Gasteiger partial charge in [-0.2, -0.15) is 5.10 Å². The standard InChI is InChI=1S/C25H25ClN4O2/c1-17-12-18(2)30(29-17)16-20-5-3-4-19(13-20)14-27-24(31)10-11-25-28-15-23(32-25)21-6-8-22(26)9-7-21/h3-9,12-13,15H,10-11,14,16H2,1-2H3,(H,27,31). The van der Waals surface area contributed by atoms with E-state index in [1.54, 1.807) is 18.3 Å². The predicted molar refractivity (Wildman–Crippen MR) is 124 cm³/mol. The van der Waals surface area contributed by atoms with Gasteiger partial charge in [-0.25, -0.2) is 4.98 Å². The Balaban J connectivity index is 1.27. The number of amides is 1. The first-order chi connectivity index (χ1) is 15.5. The molecule has 32 heavy (non-hydrogen) atoms. The van der Waals surface area contributed by atoms with Crippen molar-refractivity contribution < 1.29 is 9.21 Å². The first kappa shape index (κ1) is 21.8. The molecule has 2 aromatic heterocycles. The highest BCUT2D eigenvalue weighted by atomic mass is 35.5. The van der Waals surface area contributed by atoms with E-state index in [-0.39, 0.29) is 5.91 Å². The number of halogens is 1. The molecule has 1 N–H and O–H groups in total. The maximum absolute atomic E-state index is 12.3. The topological polar surface area (TPSA) is 73.0 Å². The number of hydrogen-bond donors (Lipinski definition) is 1. The summed E-state index contributed by atoms with van der Waals surface area (Å²) in [4.78, 5) is 16.6. The number of nitrogens with one attached hydrogen (secondary N) is 1. The van der Waals surface area contributed by atoms with Gasteiger partial charge in [0.2, 0.25) is 5.91 Å². The first-order valence-corrected chi connectivity index (χ1v) is 10.9. The zero-order chi connectivity index (χ0) is 22.5. The maximum Gasteiger partial charge on any atom is 0.220 e. The number of nitrogens with zero attached hydrogens (tertiary/aromatic N) is 3. The molecular weight excluding hydrogens is 424 g/mol. The molecule has 2 heterocycles. The summed E-state index contributed by atoms with van der Waals surface area (Å²) in [5.41, 5.74) is 5.25. The number of carbonyl (C=O) groups is 1. The molecule has 4 aromatic rings. The molecule has 0 radical (unpaired) electrons. The summed E-state index contributed by atoms with van der Waals surface area (Å²) < 4.78 is 7.75. The van der Waals surface area contributed by atoms with Crippen LogP contribution in [0.25, 0.3) is 11.3 Å². The quantitative estimate of drug-likeness (QED) is 0.406. The van der Waals surface area contributed by atoms with Gasteiger partial charge in [0.15, 0.2) is 11.7 Å². The second-order valence-corrected chi connectivity index (χ2v) is 8.24. The van der Waals surface area contributed by atoms with Gasteiger partial charge in [-0.15, -0.1) is 0 Å². The number of hydrogen-bond acceptors (Lipinski definition) is 4. The highest BCUT2D eigenvalue weighted by Crippen LogP contribution is 2.22. The number of oxazole rings is 1. The van der Waals surface area contributed by atoms with Crippen molar-refractivity contribution in [3.8, 4) is 11.3 Å². The summed E-state index contributed by atoms with van der Waals surface area (Å²) in [6, 6.07) is 17.6. The van der Waals surface area contributed by atoms with Crippen LogP contribution >= 0.6 is 11.6 Å². The normalized spacial score (nSPS) is 11.0. The molecule has 2 aromatic carbocycles. The molecule has 0 aliphatic rings. The first-order valence-electron chi connectivity index (χ1n) is 10.5. The molecule has 0 bridgehead atoms. The summed E-state index contributed by atoms with van der Waals surface area (Å²) in [7, 11) is 0. The van der Waals surface area contributed by atoms with Crippen LogP contribution in [0.4, 0.5) is 0 Å². The molecule has 0 fully saturated rings. The lowest BCUT2D eigenvalue weighted by Gasteiger charge is -2.08. The zero-order valence-corrected chi connectivity index (χ0v) is 18.9. The average molecular weight is 449 g/mol. The van der Waals surface area contributed by atoms with Crippen molar-refractivity contribution in [2.45, 2.75) is 39.8 Å². The molecule has 0 saturated carbocycles. The predicted octanol–water partition coefficient (Wildman–Crippen LogP) is 5.11. The number of carbonyl (C=O) groups excluding carboxylic acids is 1. The number of aromatic nitrogens is 3. The Morgan fingerprint density at radius 2 is 1.88 bits per heavy atom. The minimum atomic E-state index is -0.0415. The van der Waals surface area contributed by atoms with Crippen LogP contribution in [0, 0.1) is 13.8 Å². The molecule has 6 nitrogen and oxygen atoms in total. The highest BCUT2D eigenvalue weighted by Gasteiger charge is 2.10. The largest absolute Gasteiger partial charge is 0.441 e. The van der Waals surface area contributed by atoms with E-state index in [0.717, 1.165) is 28.1 Å². The van der Waals surface area contributed by atoms with Gasteiger partial charge in [0.05, 0.1) is 18.4 Å². The van der Waals surface area contributed by atoms with E-state index in [4.69, 9.17) is 16.0 Å². The third-order valence-electron chi connectivity index (χ3n) is 5.17. The Labute approximate surface area is 192 Å². The van der Waals surface area contributed by atoms with Crippen LogP contribution < -0.4 is 5.32 Å². The minimum Gasteiger partial charge on any atom is -0.441 e.